The molecule has 0 amide bonds. The summed E-state index contributed by atoms with van der Waals surface area (Å²) in [7, 11) is 1.72. The van der Waals surface area contributed by atoms with E-state index in [1.807, 2.05) is 0 Å². The summed E-state index contributed by atoms with van der Waals surface area (Å²) in [6.07, 6.45) is 0. The van der Waals surface area contributed by atoms with Gasteiger partial charge in [-0.05, 0) is 31.2 Å². The van der Waals surface area contributed by atoms with Crippen molar-refractivity contribution in [1.82, 2.24) is 0 Å². The van der Waals surface area contributed by atoms with Crippen LogP contribution in [0.2, 0.25) is 0 Å². The Labute approximate surface area is 94.0 Å². The van der Waals surface area contributed by atoms with Crippen molar-refractivity contribution >= 4 is 11.7 Å². The number of hydrazine groups is 1. The van der Waals surface area contributed by atoms with Gasteiger partial charge < -0.3 is 5.01 Å². The molecule has 1 aromatic carbocycles. The van der Waals surface area contributed by atoms with Gasteiger partial charge in [-0.2, -0.15) is 0 Å². The lowest BCUT2D eigenvalue weighted by atomic mass is 10.3. The summed E-state index contributed by atoms with van der Waals surface area (Å²) >= 11 is 0. The van der Waals surface area contributed by atoms with Crippen LogP contribution in [0.4, 0.5) is 5.69 Å². The fraction of sp³-hybridized carbons (Fsp3) is 0.182. The average Bonchev–Trinajstić information content (AvgIpc) is 2.26. The second-order valence-electron chi connectivity index (χ2n) is 3.34. The van der Waals surface area contributed by atoms with E-state index in [9.17, 15) is 4.79 Å². The first-order valence-electron chi connectivity index (χ1n) is 4.63. The molecule has 0 heterocycles. The summed E-state index contributed by atoms with van der Waals surface area (Å²) in [5.74, 6) is 5.34. The van der Waals surface area contributed by atoms with Gasteiger partial charge in [0.25, 0.3) is 0 Å². The molecular formula is C11H14N2O3. The molecule has 0 atom stereocenters. The molecule has 0 aliphatic heterocycles. The van der Waals surface area contributed by atoms with Gasteiger partial charge in [0.1, 0.15) is 0 Å². The number of nitrogens with two attached hydrogens (primary N) is 1. The average molecular weight is 222 g/mol. The van der Waals surface area contributed by atoms with E-state index in [-0.39, 0.29) is 5.57 Å². The van der Waals surface area contributed by atoms with Crippen molar-refractivity contribution in [3.8, 4) is 5.75 Å². The van der Waals surface area contributed by atoms with Gasteiger partial charge in [0, 0.05) is 12.6 Å². The number of carbonyl (C=O) groups is 1. The molecule has 0 aromatic heterocycles. The van der Waals surface area contributed by atoms with E-state index in [1.165, 1.54) is 11.9 Å². The molecule has 2 N–H and O–H groups in total. The van der Waals surface area contributed by atoms with Crippen LogP contribution in [0.1, 0.15) is 6.92 Å². The normalized spacial score (nSPS) is 9.44. The van der Waals surface area contributed by atoms with Gasteiger partial charge in [-0.1, -0.05) is 6.58 Å². The van der Waals surface area contributed by atoms with Gasteiger partial charge in [-0.25, -0.2) is 15.5 Å². The molecule has 86 valence electrons. The zero-order valence-electron chi connectivity index (χ0n) is 9.27. The monoisotopic (exact) mass is 222 g/mol. The van der Waals surface area contributed by atoms with Crippen molar-refractivity contribution in [2.45, 2.75) is 6.92 Å². The lowest BCUT2D eigenvalue weighted by Crippen LogP contribution is -2.24. The Kier molecular flexibility index (Phi) is 3.90. The highest BCUT2D eigenvalue weighted by Crippen LogP contribution is 2.17. The van der Waals surface area contributed by atoms with Gasteiger partial charge in [0.15, 0.2) is 5.75 Å². The predicted octanol–water partition coefficient (Wildman–Crippen LogP) is 1.41. The summed E-state index contributed by atoms with van der Waals surface area (Å²) in [5, 5.41) is 1.46. The van der Waals surface area contributed by atoms with Gasteiger partial charge >= 0.3 is 5.97 Å². The Bertz CT molecular complexity index is 385. The first-order chi connectivity index (χ1) is 7.50. The second kappa shape index (κ2) is 5.18. The van der Waals surface area contributed by atoms with E-state index in [0.717, 1.165) is 5.69 Å². The van der Waals surface area contributed by atoms with Crippen LogP contribution in [0.15, 0.2) is 36.4 Å². The van der Waals surface area contributed by atoms with Gasteiger partial charge in [-0.15, -0.1) is 0 Å². The minimum Gasteiger partial charge on any atom is -0.314 e. The summed E-state index contributed by atoms with van der Waals surface area (Å²) in [6, 6.07) is 6.77. The number of carbonyl (C=O) groups excluding carboxylic acids is 1. The zero-order chi connectivity index (χ0) is 12.1. The molecule has 0 unspecified atom stereocenters. The van der Waals surface area contributed by atoms with E-state index in [0.29, 0.717) is 5.75 Å². The molecule has 0 saturated carbocycles. The number of benzene rings is 1. The molecule has 16 heavy (non-hydrogen) atoms. The van der Waals surface area contributed by atoms with Crippen LogP contribution < -0.4 is 15.7 Å². The molecule has 1 rings (SSSR count). The summed E-state index contributed by atoms with van der Waals surface area (Å²) < 4.78 is 0. The molecule has 0 fully saturated rings. The lowest BCUT2D eigenvalue weighted by molar-refractivity contribution is -0.208. The SMILES string of the molecule is C=C(C)C(=O)OOc1ccc(N(C)N)cc1. The van der Waals surface area contributed by atoms with Gasteiger partial charge in [-0.3, -0.25) is 4.89 Å². The van der Waals surface area contributed by atoms with Crippen LogP contribution in [-0.2, 0) is 9.68 Å². The van der Waals surface area contributed by atoms with Crippen molar-refractivity contribution in [2.75, 3.05) is 12.1 Å². The molecule has 0 aliphatic carbocycles. The minimum absolute atomic E-state index is 0.276. The van der Waals surface area contributed by atoms with Gasteiger partial charge in [0.05, 0.1) is 5.69 Å². The smallest absolute Gasteiger partial charge is 0.314 e. The molecule has 0 radical (unpaired) electrons. The van der Waals surface area contributed by atoms with E-state index < -0.39 is 5.97 Å². The van der Waals surface area contributed by atoms with Crippen molar-refractivity contribution in [3.05, 3.63) is 36.4 Å². The van der Waals surface area contributed by atoms with Crippen LogP contribution in [0.25, 0.3) is 0 Å². The summed E-state index contributed by atoms with van der Waals surface area (Å²) in [6.45, 7) is 4.97. The molecule has 0 aliphatic rings. The quantitative estimate of drug-likeness (QED) is 0.361. The molecule has 1 aromatic rings. The molecule has 0 saturated heterocycles. The maximum absolute atomic E-state index is 11.0. The topological polar surface area (TPSA) is 64.8 Å². The third kappa shape index (κ3) is 3.29. The van der Waals surface area contributed by atoms with Crippen LogP contribution in [0, 0.1) is 0 Å². The molecular weight excluding hydrogens is 208 g/mol. The van der Waals surface area contributed by atoms with E-state index in [2.05, 4.69) is 11.5 Å². The summed E-state index contributed by atoms with van der Waals surface area (Å²) in [4.78, 5) is 20.3. The largest absolute Gasteiger partial charge is 0.381 e. The van der Waals surface area contributed by atoms with Crippen molar-refractivity contribution in [2.24, 2.45) is 5.84 Å². The Balaban J connectivity index is 2.56. The number of hydrogen-bond acceptors (Lipinski definition) is 5. The second-order valence-corrected chi connectivity index (χ2v) is 3.34. The fourth-order valence-electron chi connectivity index (χ4n) is 0.894. The van der Waals surface area contributed by atoms with E-state index in [1.54, 1.807) is 31.3 Å². The summed E-state index contributed by atoms with van der Waals surface area (Å²) in [5.41, 5.74) is 1.09. The van der Waals surface area contributed by atoms with Crippen LogP contribution in [0.5, 0.6) is 5.75 Å². The Morgan fingerprint density at radius 3 is 2.38 bits per heavy atom. The molecule has 0 bridgehead atoms. The predicted molar refractivity (Wildman–Crippen MR) is 60.6 cm³/mol. The highest BCUT2D eigenvalue weighted by molar-refractivity contribution is 5.86. The van der Waals surface area contributed by atoms with E-state index >= 15 is 0 Å². The van der Waals surface area contributed by atoms with Crippen molar-refractivity contribution < 1.29 is 14.6 Å². The van der Waals surface area contributed by atoms with Gasteiger partial charge in [0.2, 0.25) is 0 Å². The fourth-order valence-corrected chi connectivity index (χ4v) is 0.894. The van der Waals surface area contributed by atoms with Crippen LogP contribution in [-0.4, -0.2) is 13.0 Å². The number of rotatable bonds is 4. The Morgan fingerprint density at radius 2 is 1.94 bits per heavy atom. The molecule has 5 heteroatoms. The third-order valence-electron chi connectivity index (χ3n) is 1.81. The maximum atomic E-state index is 11.0. The highest BCUT2D eigenvalue weighted by Gasteiger charge is 2.05. The van der Waals surface area contributed by atoms with Crippen LogP contribution in [0.3, 0.4) is 0 Å². The lowest BCUT2D eigenvalue weighted by Gasteiger charge is -2.11. The molecule has 5 nitrogen and oxygen atoms in total. The van der Waals surface area contributed by atoms with E-state index in [4.69, 9.17) is 10.7 Å². The highest BCUT2D eigenvalue weighted by atomic mass is 17.2. The van der Waals surface area contributed by atoms with Crippen molar-refractivity contribution in [1.29, 1.82) is 0 Å². The number of anilines is 1. The third-order valence-corrected chi connectivity index (χ3v) is 1.81. The Morgan fingerprint density at radius 1 is 1.38 bits per heavy atom. The minimum atomic E-state index is -0.597. The maximum Gasteiger partial charge on any atom is 0.381 e. The van der Waals surface area contributed by atoms with Crippen molar-refractivity contribution in [3.63, 3.8) is 0 Å². The first-order valence-corrected chi connectivity index (χ1v) is 4.63. The standard InChI is InChI=1S/C11H14N2O3/c1-8(2)11(14)16-15-10-6-4-9(5-7-10)13(3)12/h4-7H,1,12H2,2-3H3. The Hall–Kier alpha value is -2.01. The van der Waals surface area contributed by atoms with Crippen LogP contribution >= 0.6 is 0 Å². The number of hydrogen-bond donors (Lipinski definition) is 1. The molecule has 0 spiro atoms. The number of nitrogens with zero attached hydrogens (tertiary/aromatic N) is 1. The first kappa shape index (κ1) is 12.1. The zero-order valence-corrected chi connectivity index (χ0v) is 9.27.